The van der Waals surface area contributed by atoms with Crippen LogP contribution < -0.4 is 5.73 Å². The van der Waals surface area contributed by atoms with Crippen LogP contribution in [0.4, 0.5) is 0 Å². The van der Waals surface area contributed by atoms with E-state index in [-0.39, 0.29) is 6.04 Å². The molecule has 2 aliphatic heterocycles. The second-order valence-electron chi connectivity index (χ2n) is 4.92. The summed E-state index contributed by atoms with van der Waals surface area (Å²) in [5.74, 6) is 0.556. The van der Waals surface area contributed by atoms with Crippen LogP contribution in [0.5, 0.6) is 0 Å². The van der Waals surface area contributed by atoms with E-state index in [1.54, 1.807) is 0 Å². The van der Waals surface area contributed by atoms with Crippen LogP contribution in [-0.4, -0.2) is 56.5 Å². The molecule has 2 aliphatic rings. The van der Waals surface area contributed by atoms with E-state index in [1.165, 1.54) is 0 Å². The highest BCUT2D eigenvalue weighted by Crippen LogP contribution is 2.18. The summed E-state index contributed by atoms with van der Waals surface area (Å²) in [7, 11) is 0. The molecule has 0 radical (unpaired) electrons. The SMILES string of the molecule is CCC1COCCN1CC(N)C1CCOC1. The Hall–Kier alpha value is -0.160. The van der Waals surface area contributed by atoms with Gasteiger partial charge in [0.1, 0.15) is 0 Å². The highest BCUT2D eigenvalue weighted by molar-refractivity contribution is 4.83. The van der Waals surface area contributed by atoms with Gasteiger partial charge in [-0.15, -0.1) is 0 Å². The van der Waals surface area contributed by atoms with Crippen molar-refractivity contribution in [2.75, 3.05) is 39.5 Å². The highest BCUT2D eigenvalue weighted by Gasteiger charge is 2.28. The van der Waals surface area contributed by atoms with Gasteiger partial charge in [-0.2, -0.15) is 0 Å². The van der Waals surface area contributed by atoms with Crippen LogP contribution in [0.25, 0.3) is 0 Å². The van der Waals surface area contributed by atoms with Gasteiger partial charge in [-0.3, -0.25) is 4.90 Å². The van der Waals surface area contributed by atoms with Gasteiger partial charge in [0.2, 0.25) is 0 Å². The summed E-state index contributed by atoms with van der Waals surface area (Å²) in [6, 6.07) is 0.816. The molecule has 0 spiro atoms. The number of rotatable bonds is 4. The number of ether oxygens (including phenoxy) is 2. The van der Waals surface area contributed by atoms with Crippen molar-refractivity contribution >= 4 is 0 Å². The second kappa shape index (κ2) is 5.96. The first kappa shape index (κ1) is 12.3. The molecule has 0 aromatic rings. The van der Waals surface area contributed by atoms with Crippen LogP contribution in [0, 0.1) is 5.92 Å². The second-order valence-corrected chi connectivity index (χ2v) is 4.92. The zero-order valence-corrected chi connectivity index (χ0v) is 10.2. The molecule has 0 aromatic heterocycles. The maximum absolute atomic E-state index is 6.26. The van der Waals surface area contributed by atoms with Crippen LogP contribution in [0.3, 0.4) is 0 Å². The van der Waals surface area contributed by atoms with Crippen molar-refractivity contribution in [1.82, 2.24) is 4.90 Å². The molecule has 4 heteroatoms. The Kier molecular flexibility index (Phi) is 4.58. The zero-order valence-electron chi connectivity index (χ0n) is 10.2. The van der Waals surface area contributed by atoms with E-state index in [0.29, 0.717) is 12.0 Å². The Balaban J connectivity index is 1.81. The third-order valence-corrected chi connectivity index (χ3v) is 3.84. The molecule has 2 fully saturated rings. The Bertz CT molecular complexity index is 207. The topological polar surface area (TPSA) is 47.7 Å². The van der Waals surface area contributed by atoms with Gasteiger partial charge in [0, 0.05) is 37.7 Å². The normalized spacial score (nSPS) is 34.1. The number of hydrogen-bond acceptors (Lipinski definition) is 4. The molecule has 0 aromatic carbocycles. The van der Waals surface area contributed by atoms with Crippen molar-refractivity contribution in [1.29, 1.82) is 0 Å². The van der Waals surface area contributed by atoms with Crippen molar-refractivity contribution in [3.8, 4) is 0 Å². The van der Waals surface area contributed by atoms with E-state index in [9.17, 15) is 0 Å². The van der Waals surface area contributed by atoms with Crippen molar-refractivity contribution in [2.24, 2.45) is 11.7 Å². The lowest BCUT2D eigenvalue weighted by Crippen LogP contribution is -2.51. The van der Waals surface area contributed by atoms with Crippen LogP contribution in [0.15, 0.2) is 0 Å². The first-order valence-corrected chi connectivity index (χ1v) is 6.46. The van der Waals surface area contributed by atoms with Gasteiger partial charge in [-0.05, 0) is 12.8 Å². The molecule has 2 rings (SSSR count). The molecule has 2 saturated heterocycles. The molecule has 0 saturated carbocycles. The largest absolute Gasteiger partial charge is 0.381 e. The van der Waals surface area contributed by atoms with E-state index >= 15 is 0 Å². The van der Waals surface area contributed by atoms with Gasteiger partial charge < -0.3 is 15.2 Å². The predicted molar refractivity (Wildman–Crippen MR) is 63.4 cm³/mol. The molecular weight excluding hydrogens is 204 g/mol. The minimum Gasteiger partial charge on any atom is -0.381 e. The monoisotopic (exact) mass is 228 g/mol. The molecule has 0 bridgehead atoms. The lowest BCUT2D eigenvalue weighted by atomic mass is 9.98. The lowest BCUT2D eigenvalue weighted by molar-refractivity contribution is -0.0135. The van der Waals surface area contributed by atoms with Crippen molar-refractivity contribution < 1.29 is 9.47 Å². The fourth-order valence-corrected chi connectivity index (χ4v) is 2.62. The van der Waals surface area contributed by atoms with Gasteiger partial charge in [-0.1, -0.05) is 6.92 Å². The van der Waals surface area contributed by atoms with Crippen molar-refractivity contribution in [3.63, 3.8) is 0 Å². The number of hydrogen-bond donors (Lipinski definition) is 1. The minimum absolute atomic E-state index is 0.259. The summed E-state index contributed by atoms with van der Waals surface area (Å²) in [6.07, 6.45) is 2.27. The maximum Gasteiger partial charge on any atom is 0.0622 e. The van der Waals surface area contributed by atoms with Gasteiger partial charge >= 0.3 is 0 Å². The Morgan fingerprint density at radius 3 is 2.81 bits per heavy atom. The molecule has 2 N–H and O–H groups in total. The molecule has 0 amide bonds. The third-order valence-electron chi connectivity index (χ3n) is 3.84. The van der Waals surface area contributed by atoms with Crippen LogP contribution >= 0.6 is 0 Å². The van der Waals surface area contributed by atoms with E-state index in [0.717, 1.165) is 52.4 Å². The lowest BCUT2D eigenvalue weighted by Gasteiger charge is -2.37. The average molecular weight is 228 g/mol. The number of morpholine rings is 1. The fourth-order valence-electron chi connectivity index (χ4n) is 2.62. The summed E-state index contributed by atoms with van der Waals surface area (Å²) < 4.78 is 10.9. The summed E-state index contributed by atoms with van der Waals surface area (Å²) in [4.78, 5) is 2.49. The fraction of sp³-hybridized carbons (Fsp3) is 1.00. The van der Waals surface area contributed by atoms with Gasteiger partial charge in [0.05, 0.1) is 19.8 Å². The summed E-state index contributed by atoms with van der Waals surface area (Å²) in [6.45, 7) is 7.70. The maximum atomic E-state index is 6.26. The molecule has 94 valence electrons. The first-order chi connectivity index (χ1) is 7.81. The molecular formula is C12H24N2O2. The standard InChI is InChI=1S/C12H24N2O2/c1-2-11-9-16-6-4-14(11)7-12(13)10-3-5-15-8-10/h10-12H,2-9,13H2,1H3. The Labute approximate surface area is 98.1 Å². The van der Waals surface area contributed by atoms with E-state index in [4.69, 9.17) is 15.2 Å². The van der Waals surface area contributed by atoms with E-state index < -0.39 is 0 Å². The van der Waals surface area contributed by atoms with Gasteiger partial charge in [0.15, 0.2) is 0 Å². The smallest absolute Gasteiger partial charge is 0.0622 e. The quantitative estimate of drug-likeness (QED) is 0.759. The summed E-state index contributed by atoms with van der Waals surface area (Å²) in [5, 5.41) is 0. The highest BCUT2D eigenvalue weighted by atomic mass is 16.5. The molecule has 4 nitrogen and oxygen atoms in total. The molecule has 16 heavy (non-hydrogen) atoms. The summed E-state index contributed by atoms with van der Waals surface area (Å²) >= 11 is 0. The minimum atomic E-state index is 0.259. The van der Waals surface area contributed by atoms with Crippen LogP contribution in [0.2, 0.25) is 0 Å². The third kappa shape index (κ3) is 2.94. The number of nitrogens with zero attached hydrogens (tertiary/aromatic N) is 1. The Morgan fingerprint density at radius 2 is 2.12 bits per heavy atom. The van der Waals surface area contributed by atoms with E-state index in [1.807, 2.05) is 0 Å². The average Bonchev–Trinajstić information content (AvgIpc) is 2.83. The molecule has 3 atom stereocenters. The van der Waals surface area contributed by atoms with Crippen LogP contribution in [-0.2, 0) is 9.47 Å². The van der Waals surface area contributed by atoms with E-state index in [2.05, 4.69) is 11.8 Å². The van der Waals surface area contributed by atoms with Crippen molar-refractivity contribution in [2.45, 2.75) is 31.8 Å². The van der Waals surface area contributed by atoms with Crippen molar-refractivity contribution in [3.05, 3.63) is 0 Å². The molecule has 0 aliphatic carbocycles. The zero-order chi connectivity index (χ0) is 11.4. The molecule has 2 heterocycles. The Morgan fingerprint density at radius 1 is 1.31 bits per heavy atom. The number of nitrogens with two attached hydrogens (primary N) is 1. The van der Waals surface area contributed by atoms with Crippen LogP contribution in [0.1, 0.15) is 19.8 Å². The predicted octanol–water partition coefficient (Wildman–Crippen LogP) is 0.461. The van der Waals surface area contributed by atoms with Gasteiger partial charge in [-0.25, -0.2) is 0 Å². The molecule has 3 unspecified atom stereocenters. The summed E-state index contributed by atoms with van der Waals surface area (Å²) in [5.41, 5.74) is 6.26. The first-order valence-electron chi connectivity index (χ1n) is 6.46. The van der Waals surface area contributed by atoms with Gasteiger partial charge in [0.25, 0.3) is 0 Å².